The van der Waals surface area contributed by atoms with E-state index in [9.17, 15) is 0 Å². The first-order chi connectivity index (χ1) is 7.27. The molecule has 0 aliphatic heterocycles. The highest BCUT2D eigenvalue weighted by Gasteiger charge is 2.01. The van der Waals surface area contributed by atoms with Crippen molar-refractivity contribution in [1.29, 1.82) is 0 Å². The number of nitrogens with one attached hydrogen (secondary N) is 1. The average Bonchev–Trinajstić information content (AvgIpc) is 2.26. The molecule has 15 heavy (non-hydrogen) atoms. The van der Waals surface area contributed by atoms with E-state index in [1.165, 1.54) is 0 Å². The Morgan fingerprint density at radius 2 is 2.20 bits per heavy atom. The number of hydrogen-bond donors (Lipinski definition) is 2. The van der Waals surface area contributed by atoms with Gasteiger partial charge in [-0.3, -0.25) is 0 Å². The summed E-state index contributed by atoms with van der Waals surface area (Å²) in [5.41, 5.74) is 1.14. The molecule has 0 aliphatic rings. The van der Waals surface area contributed by atoms with Gasteiger partial charge in [-0.25, -0.2) is 0 Å². The summed E-state index contributed by atoms with van der Waals surface area (Å²) in [6.07, 6.45) is 0.927. The molecule has 1 aromatic carbocycles. The molecule has 0 fully saturated rings. The highest BCUT2D eigenvalue weighted by Crippen LogP contribution is 2.22. The number of methoxy groups -OCH3 is 1. The summed E-state index contributed by atoms with van der Waals surface area (Å²) in [4.78, 5) is 0. The van der Waals surface area contributed by atoms with Gasteiger partial charge in [-0.2, -0.15) is 12.6 Å². The SMILES string of the molecule is COc1ccc(CCNCCS)c(Cl)c1. The number of ether oxygens (including phenoxy) is 1. The van der Waals surface area contributed by atoms with Crippen LogP contribution in [0.15, 0.2) is 18.2 Å². The molecule has 0 atom stereocenters. The molecule has 0 bridgehead atoms. The van der Waals surface area contributed by atoms with Gasteiger partial charge in [0.2, 0.25) is 0 Å². The molecule has 0 saturated heterocycles. The molecule has 0 saturated carbocycles. The Balaban J connectivity index is 2.47. The minimum atomic E-state index is 0.766. The molecule has 0 amide bonds. The summed E-state index contributed by atoms with van der Waals surface area (Å²) < 4.78 is 5.08. The van der Waals surface area contributed by atoms with Gasteiger partial charge in [-0.15, -0.1) is 0 Å². The first-order valence-corrected chi connectivity index (χ1v) is 5.93. The van der Waals surface area contributed by atoms with Crippen molar-refractivity contribution in [2.24, 2.45) is 0 Å². The van der Waals surface area contributed by atoms with Crippen LogP contribution in [0, 0.1) is 0 Å². The van der Waals surface area contributed by atoms with E-state index < -0.39 is 0 Å². The van der Waals surface area contributed by atoms with E-state index in [1.807, 2.05) is 18.2 Å². The largest absolute Gasteiger partial charge is 0.497 e. The fraction of sp³-hybridized carbons (Fsp3) is 0.455. The summed E-state index contributed by atoms with van der Waals surface area (Å²) in [5, 5.41) is 4.04. The molecule has 0 spiro atoms. The molecular weight excluding hydrogens is 230 g/mol. The maximum atomic E-state index is 6.10. The molecular formula is C11H16ClNOS. The fourth-order valence-corrected chi connectivity index (χ4v) is 1.71. The van der Waals surface area contributed by atoms with Crippen molar-refractivity contribution in [2.75, 3.05) is 26.0 Å². The van der Waals surface area contributed by atoms with Gasteiger partial charge in [0.1, 0.15) is 5.75 Å². The van der Waals surface area contributed by atoms with Crippen LogP contribution in [-0.4, -0.2) is 26.0 Å². The molecule has 0 radical (unpaired) electrons. The first-order valence-electron chi connectivity index (χ1n) is 4.92. The minimum Gasteiger partial charge on any atom is -0.497 e. The zero-order chi connectivity index (χ0) is 11.1. The van der Waals surface area contributed by atoms with E-state index in [2.05, 4.69) is 17.9 Å². The molecule has 84 valence electrons. The van der Waals surface area contributed by atoms with Crippen LogP contribution in [0.3, 0.4) is 0 Å². The summed E-state index contributed by atoms with van der Waals surface area (Å²) in [5.74, 6) is 1.66. The Morgan fingerprint density at radius 3 is 2.80 bits per heavy atom. The molecule has 0 heterocycles. The van der Waals surface area contributed by atoms with Crippen molar-refractivity contribution < 1.29 is 4.74 Å². The third-order valence-corrected chi connectivity index (χ3v) is 2.70. The molecule has 1 rings (SSSR count). The quantitative estimate of drug-likeness (QED) is 0.593. The molecule has 1 aromatic rings. The van der Waals surface area contributed by atoms with E-state index in [0.717, 1.165) is 41.6 Å². The van der Waals surface area contributed by atoms with Crippen LogP contribution in [0.25, 0.3) is 0 Å². The van der Waals surface area contributed by atoms with Crippen LogP contribution in [0.1, 0.15) is 5.56 Å². The van der Waals surface area contributed by atoms with Gasteiger partial charge < -0.3 is 10.1 Å². The molecule has 1 N–H and O–H groups in total. The second-order valence-corrected chi connectivity index (χ2v) is 4.04. The van der Waals surface area contributed by atoms with Gasteiger partial charge in [0.25, 0.3) is 0 Å². The Hall–Kier alpha value is -0.380. The number of benzene rings is 1. The van der Waals surface area contributed by atoms with Crippen molar-refractivity contribution in [3.8, 4) is 5.75 Å². The lowest BCUT2D eigenvalue weighted by Crippen LogP contribution is -2.19. The standard InChI is InChI=1S/C11H16ClNOS/c1-14-10-3-2-9(11(12)8-10)4-5-13-6-7-15/h2-3,8,13,15H,4-7H2,1H3. The topological polar surface area (TPSA) is 21.3 Å². The van der Waals surface area contributed by atoms with E-state index in [1.54, 1.807) is 7.11 Å². The minimum absolute atomic E-state index is 0.766. The first kappa shape index (κ1) is 12.7. The highest BCUT2D eigenvalue weighted by molar-refractivity contribution is 7.80. The van der Waals surface area contributed by atoms with Crippen molar-refractivity contribution in [2.45, 2.75) is 6.42 Å². The van der Waals surface area contributed by atoms with Gasteiger partial charge in [0.15, 0.2) is 0 Å². The van der Waals surface area contributed by atoms with Crippen molar-refractivity contribution in [3.63, 3.8) is 0 Å². The van der Waals surface area contributed by atoms with E-state index in [-0.39, 0.29) is 0 Å². The number of halogens is 1. The maximum Gasteiger partial charge on any atom is 0.120 e. The predicted octanol–water partition coefficient (Wildman–Crippen LogP) is 2.41. The van der Waals surface area contributed by atoms with Crippen LogP contribution in [0.5, 0.6) is 5.75 Å². The molecule has 4 heteroatoms. The van der Waals surface area contributed by atoms with Crippen molar-refractivity contribution >= 4 is 24.2 Å². The van der Waals surface area contributed by atoms with Gasteiger partial charge in [-0.1, -0.05) is 17.7 Å². The van der Waals surface area contributed by atoms with Crippen LogP contribution < -0.4 is 10.1 Å². The van der Waals surface area contributed by atoms with Crippen LogP contribution in [0.4, 0.5) is 0 Å². The monoisotopic (exact) mass is 245 g/mol. The lowest BCUT2D eigenvalue weighted by Gasteiger charge is -2.07. The summed E-state index contributed by atoms with van der Waals surface area (Å²) in [6.45, 7) is 1.85. The number of thiol groups is 1. The maximum absolute atomic E-state index is 6.10. The lowest BCUT2D eigenvalue weighted by atomic mass is 10.1. The van der Waals surface area contributed by atoms with Crippen molar-refractivity contribution in [3.05, 3.63) is 28.8 Å². The van der Waals surface area contributed by atoms with E-state index in [4.69, 9.17) is 16.3 Å². The van der Waals surface area contributed by atoms with Gasteiger partial charge >= 0.3 is 0 Å². The van der Waals surface area contributed by atoms with Gasteiger partial charge in [0, 0.05) is 17.3 Å². The molecule has 0 unspecified atom stereocenters. The summed E-state index contributed by atoms with van der Waals surface area (Å²) >= 11 is 10.2. The fourth-order valence-electron chi connectivity index (χ4n) is 1.28. The normalized spacial score (nSPS) is 10.3. The highest BCUT2D eigenvalue weighted by atomic mass is 35.5. The third kappa shape index (κ3) is 4.33. The van der Waals surface area contributed by atoms with Gasteiger partial charge in [0.05, 0.1) is 7.11 Å². The Kier molecular flexibility index (Phi) is 5.91. The molecule has 0 aliphatic carbocycles. The predicted molar refractivity (Wildman–Crippen MR) is 68.4 cm³/mol. The summed E-state index contributed by atoms with van der Waals surface area (Å²) in [7, 11) is 1.64. The van der Waals surface area contributed by atoms with E-state index >= 15 is 0 Å². The van der Waals surface area contributed by atoms with Gasteiger partial charge in [-0.05, 0) is 30.7 Å². The van der Waals surface area contributed by atoms with Crippen LogP contribution >= 0.6 is 24.2 Å². The second kappa shape index (κ2) is 6.99. The third-order valence-electron chi connectivity index (χ3n) is 2.12. The van der Waals surface area contributed by atoms with E-state index in [0.29, 0.717) is 0 Å². The molecule has 2 nitrogen and oxygen atoms in total. The zero-order valence-electron chi connectivity index (χ0n) is 8.79. The lowest BCUT2D eigenvalue weighted by molar-refractivity contribution is 0.414. The van der Waals surface area contributed by atoms with Crippen LogP contribution in [0.2, 0.25) is 5.02 Å². The number of hydrogen-bond acceptors (Lipinski definition) is 3. The number of rotatable bonds is 6. The zero-order valence-corrected chi connectivity index (χ0v) is 10.4. The van der Waals surface area contributed by atoms with Crippen LogP contribution in [-0.2, 0) is 6.42 Å². The second-order valence-electron chi connectivity index (χ2n) is 3.18. The smallest absolute Gasteiger partial charge is 0.120 e. The Bertz CT molecular complexity index is 307. The average molecular weight is 246 g/mol. The summed E-state index contributed by atoms with van der Waals surface area (Å²) in [6, 6.07) is 5.78. The molecule has 0 aromatic heterocycles. The van der Waals surface area contributed by atoms with Crippen molar-refractivity contribution in [1.82, 2.24) is 5.32 Å². The Morgan fingerprint density at radius 1 is 1.40 bits per heavy atom. The Labute approximate surface area is 101 Å².